The number of ketones is 1. The van der Waals surface area contributed by atoms with Gasteiger partial charge in [-0.3, -0.25) is 9.59 Å². The van der Waals surface area contributed by atoms with Crippen molar-refractivity contribution in [1.29, 1.82) is 0 Å². The number of nitrogens with one attached hydrogen (secondary N) is 1. The smallest absolute Gasteiger partial charge is 0.337 e. The number of amides is 1. The third-order valence-corrected chi connectivity index (χ3v) is 2.94. The van der Waals surface area contributed by atoms with Crippen LogP contribution >= 0.6 is 0 Å². The van der Waals surface area contributed by atoms with E-state index < -0.39 is 5.97 Å². The number of methoxy groups -OCH3 is 1. The number of ether oxygens (including phenoxy) is 1. The summed E-state index contributed by atoms with van der Waals surface area (Å²) >= 11 is 0. The Morgan fingerprint density at radius 2 is 1.95 bits per heavy atom. The minimum atomic E-state index is -0.482. The van der Waals surface area contributed by atoms with Gasteiger partial charge in [0, 0.05) is 18.5 Å². The molecule has 0 bridgehead atoms. The Morgan fingerprint density at radius 3 is 2.64 bits per heavy atom. The maximum absolute atomic E-state index is 11.8. The number of esters is 1. The second kappa shape index (κ2) is 7.21. The molecule has 1 heterocycles. The predicted molar refractivity (Wildman–Crippen MR) is 78.7 cm³/mol. The zero-order chi connectivity index (χ0) is 15.9. The Kier molecular flexibility index (Phi) is 5.08. The maximum atomic E-state index is 11.8. The quantitative estimate of drug-likeness (QED) is 0.655. The van der Waals surface area contributed by atoms with Crippen molar-refractivity contribution in [2.75, 3.05) is 12.4 Å². The van der Waals surface area contributed by atoms with Gasteiger partial charge in [-0.2, -0.15) is 0 Å². The van der Waals surface area contributed by atoms with Crippen molar-refractivity contribution in [3.05, 3.63) is 54.0 Å². The predicted octanol–water partition coefficient (Wildman–Crippen LogP) is 2.67. The third-order valence-electron chi connectivity index (χ3n) is 2.94. The number of anilines is 1. The Bertz CT molecular complexity index is 676. The fraction of sp³-hybridized carbons (Fsp3) is 0.188. The first kappa shape index (κ1) is 15.5. The Labute approximate surface area is 127 Å². The molecular formula is C16H15NO5. The van der Waals surface area contributed by atoms with Gasteiger partial charge < -0.3 is 14.5 Å². The minimum absolute atomic E-state index is 0.0297. The fourth-order valence-corrected chi connectivity index (χ4v) is 1.85. The number of carbonyl (C=O) groups is 3. The molecule has 114 valence electrons. The molecule has 0 fully saturated rings. The van der Waals surface area contributed by atoms with E-state index in [1.165, 1.54) is 19.4 Å². The van der Waals surface area contributed by atoms with Gasteiger partial charge in [-0.25, -0.2) is 4.79 Å². The van der Waals surface area contributed by atoms with Crippen molar-refractivity contribution in [1.82, 2.24) is 0 Å². The highest BCUT2D eigenvalue weighted by Crippen LogP contribution is 2.13. The van der Waals surface area contributed by atoms with E-state index in [0.29, 0.717) is 11.3 Å². The van der Waals surface area contributed by atoms with Gasteiger partial charge in [0.15, 0.2) is 11.5 Å². The summed E-state index contributed by atoms with van der Waals surface area (Å²) in [6.45, 7) is 0. The monoisotopic (exact) mass is 301 g/mol. The molecule has 0 spiro atoms. The van der Waals surface area contributed by atoms with Crippen molar-refractivity contribution in [3.63, 3.8) is 0 Å². The topological polar surface area (TPSA) is 85.6 Å². The third kappa shape index (κ3) is 4.05. The first-order valence-corrected chi connectivity index (χ1v) is 6.65. The molecule has 1 amide bonds. The molecule has 1 aromatic carbocycles. The van der Waals surface area contributed by atoms with Crippen LogP contribution in [0.15, 0.2) is 47.1 Å². The van der Waals surface area contributed by atoms with E-state index in [9.17, 15) is 14.4 Å². The molecule has 0 aliphatic carbocycles. The van der Waals surface area contributed by atoms with Crippen LogP contribution in [0.5, 0.6) is 0 Å². The number of Topliss-reactive ketones (excluding diaryl/α,β-unsaturated/α-hetero) is 1. The number of carbonyl (C=O) groups excluding carboxylic acids is 3. The molecule has 2 aromatic rings. The van der Waals surface area contributed by atoms with E-state index in [1.54, 1.807) is 30.3 Å². The lowest BCUT2D eigenvalue weighted by molar-refractivity contribution is -0.116. The molecule has 0 aliphatic rings. The van der Waals surface area contributed by atoms with Crippen molar-refractivity contribution in [3.8, 4) is 0 Å². The van der Waals surface area contributed by atoms with Gasteiger partial charge in [0.2, 0.25) is 5.91 Å². The van der Waals surface area contributed by atoms with Crippen LogP contribution < -0.4 is 5.32 Å². The molecule has 1 aromatic heterocycles. The van der Waals surface area contributed by atoms with E-state index in [0.717, 1.165) is 0 Å². The number of furan rings is 1. The first-order valence-electron chi connectivity index (χ1n) is 6.65. The van der Waals surface area contributed by atoms with E-state index in [4.69, 9.17) is 4.42 Å². The van der Waals surface area contributed by atoms with E-state index in [-0.39, 0.29) is 30.3 Å². The molecule has 0 atom stereocenters. The molecule has 6 nitrogen and oxygen atoms in total. The largest absolute Gasteiger partial charge is 0.465 e. The second-order valence-corrected chi connectivity index (χ2v) is 4.52. The number of hydrogen-bond acceptors (Lipinski definition) is 5. The van der Waals surface area contributed by atoms with Gasteiger partial charge in [-0.05, 0) is 30.3 Å². The Hall–Kier alpha value is -2.89. The summed E-state index contributed by atoms with van der Waals surface area (Å²) in [6, 6.07) is 9.56. The van der Waals surface area contributed by atoms with Crippen LogP contribution in [-0.4, -0.2) is 24.8 Å². The zero-order valence-electron chi connectivity index (χ0n) is 12.0. The Morgan fingerprint density at radius 1 is 1.14 bits per heavy atom. The van der Waals surface area contributed by atoms with Crippen LogP contribution in [0.25, 0.3) is 0 Å². The summed E-state index contributed by atoms with van der Waals surface area (Å²) in [5.41, 5.74) is 0.810. The van der Waals surface area contributed by atoms with Gasteiger partial charge >= 0.3 is 5.97 Å². The van der Waals surface area contributed by atoms with Crippen molar-refractivity contribution < 1.29 is 23.5 Å². The molecule has 0 saturated carbocycles. The van der Waals surface area contributed by atoms with Crippen LogP contribution in [0.2, 0.25) is 0 Å². The lowest BCUT2D eigenvalue weighted by atomic mass is 10.1. The van der Waals surface area contributed by atoms with Crippen molar-refractivity contribution >= 4 is 23.3 Å². The van der Waals surface area contributed by atoms with Crippen LogP contribution in [0.1, 0.15) is 33.8 Å². The van der Waals surface area contributed by atoms with Crippen LogP contribution in [-0.2, 0) is 9.53 Å². The van der Waals surface area contributed by atoms with Crippen molar-refractivity contribution in [2.45, 2.75) is 12.8 Å². The van der Waals surface area contributed by atoms with E-state index in [2.05, 4.69) is 10.1 Å². The molecule has 0 aliphatic heterocycles. The highest BCUT2D eigenvalue weighted by molar-refractivity contribution is 5.99. The normalized spacial score (nSPS) is 10.0. The van der Waals surface area contributed by atoms with Crippen LogP contribution in [0.4, 0.5) is 5.69 Å². The SMILES string of the molecule is COC(=O)c1cccc(NC(=O)CCC(=O)c2ccco2)c1. The number of benzene rings is 1. The number of hydrogen-bond donors (Lipinski definition) is 1. The lowest BCUT2D eigenvalue weighted by Crippen LogP contribution is -2.14. The molecule has 1 N–H and O–H groups in total. The average molecular weight is 301 g/mol. The van der Waals surface area contributed by atoms with E-state index in [1.807, 2.05) is 0 Å². The summed E-state index contributed by atoms with van der Waals surface area (Å²) in [5, 5.41) is 2.63. The van der Waals surface area contributed by atoms with Gasteiger partial charge in [-0.15, -0.1) is 0 Å². The van der Waals surface area contributed by atoms with Gasteiger partial charge in [0.1, 0.15) is 0 Å². The Balaban J connectivity index is 1.89. The highest BCUT2D eigenvalue weighted by Gasteiger charge is 2.12. The summed E-state index contributed by atoms with van der Waals surface area (Å²) in [6.07, 6.45) is 1.49. The molecule has 22 heavy (non-hydrogen) atoms. The van der Waals surface area contributed by atoms with Crippen LogP contribution in [0.3, 0.4) is 0 Å². The molecule has 2 rings (SSSR count). The zero-order valence-corrected chi connectivity index (χ0v) is 12.0. The van der Waals surface area contributed by atoms with Gasteiger partial charge in [0.05, 0.1) is 18.9 Å². The highest BCUT2D eigenvalue weighted by atomic mass is 16.5. The molecule has 6 heteroatoms. The van der Waals surface area contributed by atoms with Crippen LogP contribution in [0, 0.1) is 0 Å². The van der Waals surface area contributed by atoms with E-state index >= 15 is 0 Å². The van der Waals surface area contributed by atoms with Gasteiger partial charge in [-0.1, -0.05) is 6.07 Å². The first-order chi connectivity index (χ1) is 10.6. The number of rotatable bonds is 6. The summed E-state index contributed by atoms with van der Waals surface area (Å²) < 4.78 is 9.58. The summed E-state index contributed by atoms with van der Waals surface area (Å²) in [5.74, 6) is -0.796. The summed E-state index contributed by atoms with van der Waals surface area (Å²) in [4.78, 5) is 34.9. The minimum Gasteiger partial charge on any atom is -0.465 e. The maximum Gasteiger partial charge on any atom is 0.337 e. The molecule has 0 saturated heterocycles. The molecule has 0 radical (unpaired) electrons. The summed E-state index contributed by atoms with van der Waals surface area (Å²) in [7, 11) is 1.29. The fourth-order valence-electron chi connectivity index (χ4n) is 1.85. The molecular weight excluding hydrogens is 286 g/mol. The standard InChI is InChI=1S/C16H15NO5/c1-21-16(20)11-4-2-5-12(10-11)17-15(19)8-7-13(18)14-6-3-9-22-14/h2-6,9-10H,7-8H2,1H3,(H,17,19). The average Bonchev–Trinajstić information content (AvgIpc) is 3.06. The van der Waals surface area contributed by atoms with Crippen molar-refractivity contribution in [2.24, 2.45) is 0 Å². The molecule has 0 unspecified atom stereocenters. The second-order valence-electron chi connectivity index (χ2n) is 4.52. The van der Waals surface area contributed by atoms with Gasteiger partial charge in [0.25, 0.3) is 0 Å². The lowest BCUT2D eigenvalue weighted by Gasteiger charge is -2.06.